The summed E-state index contributed by atoms with van der Waals surface area (Å²) in [7, 11) is 1.33. The van der Waals surface area contributed by atoms with E-state index in [1.54, 1.807) is 63.0 Å². The zero-order valence-electron chi connectivity index (χ0n) is 22.1. The van der Waals surface area contributed by atoms with E-state index in [9.17, 15) is 29.8 Å². The van der Waals surface area contributed by atoms with Crippen LogP contribution in [-0.2, 0) is 27.2 Å². The average Bonchev–Trinajstić information content (AvgIpc) is 3.76. The molecule has 0 amide bonds. The fraction of sp³-hybridized carbons (Fsp3) is 0.111. The van der Waals surface area contributed by atoms with Crippen molar-refractivity contribution in [2.75, 3.05) is 7.11 Å². The van der Waals surface area contributed by atoms with Crippen molar-refractivity contribution in [3.05, 3.63) is 103 Å². The number of aliphatic carboxylic acids is 1. The quantitative estimate of drug-likeness (QED) is 0.133. The van der Waals surface area contributed by atoms with Gasteiger partial charge in [-0.3, -0.25) is 38.6 Å². The third-order valence-electron chi connectivity index (χ3n) is 6.21. The lowest BCUT2D eigenvalue weighted by Crippen LogP contribution is -2.05. The van der Waals surface area contributed by atoms with Crippen LogP contribution in [0.3, 0.4) is 0 Å². The fourth-order valence-corrected chi connectivity index (χ4v) is 5.99. The van der Waals surface area contributed by atoms with Crippen molar-refractivity contribution in [3.8, 4) is 22.5 Å². The number of imidazole rings is 2. The minimum atomic E-state index is -0.935. The molecule has 4 aromatic heterocycles. The van der Waals surface area contributed by atoms with Crippen molar-refractivity contribution in [1.82, 2.24) is 18.8 Å². The van der Waals surface area contributed by atoms with Crippen LogP contribution < -0.4 is 0 Å². The van der Waals surface area contributed by atoms with E-state index in [-0.39, 0.29) is 30.2 Å². The number of hydrogen-bond donors (Lipinski definition) is 1. The second kappa shape index (κ2) is 12.2. The number of para-hydroxylation sites is 2. The Labute approximate surface area is 249 Å². The normalized spacial score (nSPS) is 10.8. The Balaban J connectivity index is 0.000000171. The number of rotatable bonds is 8. The van der Waals surface area contributed by atoms with Crippen LogP contribution in [0.1, 0.15) is 11.4 Å². The standard InChI is InChI=1S/C14H11N3O4S.C13H9N3O4S/c1-21-13(18)6-9-8-22-14-15-11(7-16(9)14)10-4-2-3-5-12(10)17(19)20;17-12(18)5-8-7-21-13-14-10(6-15(8)13)9-3-1-2-4-11(9)16(19)20/h2-5,7-8H,6H2,1H3;1-4,6-7H,5H2,(H,17,18). The van der Waals surface area contributed by atoms with Gasteiger partial charge in [0, 0.05) is 46.7 Å². The maximum Gasteiger partial charge on any atom is 0.311 e. The number of carboxylic acids is 1. The van der Waals surface area contributed by atoms with Crippen molar-refractivity contribution < 1.29 is 29.3 Å². The van der Waals surface area contributed by atoms with Gasteiger partial charge in [0.05, 0.1) is 52.3 Å². The fourth-order valence-electron chi connectivity index (χ4n) is 4.25. The number of nitro benzene ring substituents is 2. The Hall–Kier alpha value is -5.48. The Morgan fingerprint density at radius 3 is 1.67 bits per heavy atom. The maximum atomic E-state index is 11.4. The van der Waals surface area contributed by atoms with Gasteiger partial charge in [-0.05, 0) is 12.1 Å². The molecule has 43 heavy (non-hydrogen) atoms. The lowest BCUT2D eigenvalue weighted by Gasteiger charge is -1.99. The molecule has 218 valence electrons. The highest BCUT2D eigenvalue weighted by molar-refractivity contribution is 7.15. The molecule has 0 unspecified atom stereocenters. The van der Waals surface area contributed by atoms with Gasteiger partial charge >= 0.3 is 11.9 Å². The molecule has 0 fully saturated rings. The molecule has 16 heteroatoms. The highest BCUT2D eigenvalue weighted by atomic mass is 32.1. The summed E-state index contributed by atoms with van der Waals surface area (Å²) < 4.78 is 8.07. The van der Waals surface area contributed by atoms with Crippen LogP contribution in [0.2, 0.25) is 0 Å². The summed E-state index contributed by atoms with van der Waals surface area (Å²) in [4.78, 5) is 53.5. The molecule has 6 rings (SSSR count). The topological polar surface area (TPSA) is 184 Å². The number of hydrogen-bond acceptors (Lipinski definition) is 11. The summed E-state index contributed by atoms with van der Waals surface area (Å²) in [5, 5.41) is 34.6. The Bertz CT molecular complexity index is 2010. The summed E-state index contributed by atoms with van der Waals surface area (Å²) in [5.74, 6) is -1.28. The number of fused-ring (bicyclic) bond motifs is 2. The van der Waals surface area contributed by atoms with Crippen LogP contribution in [0.4, 0.5) is 11.4 Å². The Morgan fingerprint density at radius 2 is 1.26 bits per heavy atom. The molecule has 0 saturated heterocycles. The number of methoxy groups -OCH3 is 1. The van der Waals surface area contributed by atoms with Crippen LogP contribution in [0, 0.1) is 20.2 Å². The molecule has 0 saturated carbocycles. The number of nitrogens with zero attached hydrogens (tertiary/aromatic N) is 6. The lowest BCUT2D eigenvalue weighted by atomic mass is 10.1. The number of ether oxygens (including phenoxy) is 1. The maximum absolute atomic E-state index is 11.4. The first-order valence-electron chi connectivity index (χ1n) is 12.3. The summed E-state index contributed by atoms with van der Waals surface area (Å²) in [5.41, 5.74) is 3.15. The van der Waals surface area contributed by atoms with Gasteiger partial charge in [0.25, 0.3) is 11.4 Å². The van der Waals surface area contributed by atoms with Crippen molar-refractivity contribution in [3.63, 3.8) is 0 Å². The molecule has 0 spiro atoms. The molecule has 0 atom stereocenters. The SMILES string of the molecule is COC(=O)Cc1csc2nc(-c3ccccc3[N+](=O)[O-])cn12.O=C(O)Cc1csc2nc(-c3ccccc3[N+](=O)[O-])cn12. The van der Waals surface area contributed by atoms with Crippen LogP contribution in [0.5, 0.6) is 0 Å². The molecule has 0 aliphatic heterocycles. The number of thiazole rings is 2. The van der Waals surface area contributed by atoms with E-state index in [1.807, 2.05) is 5.38 Å². The molecule has 14 nitrogen and oxygen atoms in total. The van der Waals surface area contributed by atoms with Gasteiger partial charge in [-0.1, -0.05) is 24.3 Å². The predicted octanol–water partition coefficient (Wildman–Crippen LogP) is 5.28. The largest absolute Gasteiger partial charge is 0.481 e. The van der Waals surface area contributed by atoms with Crippen molar-refractivity contribution >= 4 is 55.9 Å². The summed E-state index contributed by atoms with van der Waals surface area (Å²) >= 11 is 2.67. The van der Waals surface area contributed by atoms with Gasteiger partial charge in [0.2, 0.25) is 0 Å². The summed E-state index contributed by atoms with van der Waals surface area (Å²) in [6.07, 6.45) is 3.34. The molecule has 0 aliphatic carbocycles. The van der Waals surface area contributed by atoms with Crippen molar-refractivity contribution in [2.24, 2.45) is 0 Å². The van der Waals surface area contributed by atoms with Crippen molar-refractivity contribution in [1.29, 1.82) is 0 Å². The molecular formula is C27H20N6O8S2. The van der Waals surface area contributed by atoms with Crippen LogP contribution >= 0.6 is 22.7 Å². The summed E-state index contributed by atoms with van der Waals surface area (Å²) in [6.45, 7) is 0. The number of esters is 1. The van der Waals surface area contributed by atoms with E-state index in [0.717, 1.165) is 5.69 Å². The lowest BCUT2D eigenvalue weighted by molar-refractivity contribution is -0.384. The smallest absolute Gasteiger partial charge is 0.311 e. The number of benzene rings is 2. The van der Waals surface area contributed by atoms with E-state index in [1.165, 1.54) is 41.9 Å². The van der Waals surface area contributed by atoms with Gasteiger partial charge in [-0.15, -0.1) is 22.7 Å². The highest BCUT2D eigenvalue weighted by Gasteiger charge is 2.20. The summed E-state index contributed by atoms with van der Waals surface area (Å²) in [6, 6.07) is 12.8. The van der Waals surface area contributed by atoms with Gasteiger partial charge in [0.1, 0.15) is 0 Å². The second-order valence-electron chi connectivity index (χ2n) is 8.88. The molecule has 0 bridgehead atoms. The van der Waals surface area contributed by atoms with Gasteiger partial charge in [-0.2, -0.15) is 0 Å². The monoisotopic (exact) mass is 620 g/mol. The van der Waals surface area contributed by atoms with E-state index in [4.69, 9.17) is 5.11 Å². The minimum absolute atomic E-state index is 0.00257. The van der Waals surface area contributed by atoms with Crippen LogP contribution in [0.25, 0.3) is 32.4 Å². The molecule has 1 N–H and O–H groups in total. The number of carbonyl (C=O) groups is 2. The first kappa shape index (κ1) is 29.0. The molecule has 6 aromatic rings. The molecule has 0 aliphatic rings. The molecular weight excluding hydrogens is 600 g/mol. The first-order chi connectivity index (χ1) is 20.7. The number of nitro groups is 2. The highest BCUT2D eigenvalue weighted by Crippen LogP contribution is 2.32. The van der Waals surface area contributed by atoms with E-state index in [0.29, 0.717) is 38.1 Å². The van der Waals surface area contributed by atoms with Gasteiger partial charge < -0.3 is 9.84 Å². The van der Waals surface area contributed by atoms with Gasteiger partial charge in [0.15, 0.2) is 9.92 Å². The van der Waals surface area contributed by atoms with E-state index < -0.39 is 15.8 Å². The number of carboxylic acid groups (broad SMARTS) is 1. The average molecular weight is 621 g/mol. The molecule has 2 aromatic carbocycles. The van der Waals surface area contributed by atoms with Crippen LogP contribution in [0.15, 0.2) is 71.7 Å². The first-order valence-corrected chi connectivity index (χ1v) is 14.1. The third kappa shape index (κ3) is 6.09. The number of carbonyl (C=O) groups excluding carboxylic acids is 1. The van der Waals surface area contributed by atoms with E-state index in [2.05, 4.69) is 14.7 Å². The predicted molar refractivity (Wildman–Crippen MR) is 157 cm³/mol. The van der Waals surface area contributed by atoms with Crippen LogP contribution in [-0.4, -0.2) is 52.8 Å². The van der Waals surface area contributed by atoms with Gasteiger partial charge in [-0.25, -0.2) is 9.97 Å². The zero-order valence-corrected chi connectivity index (χ0v) is 23.8. The molecule has 4 heterocycles. The zero-order chi connectivity index (χ0) is 30.7. The minimum Gasteiger partial charge on any atom is -0.481 e. The van der Waals surface area contributed by atoms with Crippen molar-refractivity contribution in [2.45, 2.75) is 12.8 Å². The Kier molecular flexibility index (Phi) is 8.22. The van der Waals surface area contributed by atoms with E-state index >= 15 is 0 Å². The molecule has 0 radical (unpaired) electrons. The third-order valence-corrected chi connectivity index (χ3v) is 7.98. The number of aromatic nitrogens is 4. The second-order valence-corrected chi connectivity index (χ2v) is 10.6. The Morgan fingerprint density at radius 1 is 0.814 bits per heavy atom.